The van der Waals surface area contributed by atoms with E-state index in [9.17, 15) is 0 Å². The lowest BCUT2D eigenvalue weighted by Crippen LogP contribution is -2.53. The molecule has 0 radical (unpaired) electrons. The van der Waals surface area contributed by atoms with E-state index in [1.54, 1.807) is 0 Å². The minimum Gasteiger partial charge on any atom is -0.310 e. The predicted octanol–water partition coefficient (Wildman–Crippen LogP) is 4.20. The van der Waals surface area contributed by atoms with Crippen LogP contribution in [0.4, 0.5) is 0 Å². The van der Waals surface area contributed by atoms with Gasteiger partial charge in [-0.25, -0.2) is 0 Å². The third-order valence-electron chi connectivity index (χ3n) is 6.69. The van der Waals surface area contributed by atoms with E-state index in [1.807, 2.05) is 0 Å². The first-order valence-corrected chi connectivity index (χ1v) is 9.50. The van der Waals surface area contributed by atoms with Gasteiger partial charge in [0.25, 0.3) is 0 Å². The van der Waals surface area contributed by atoms with Gasteiger partial charge < -0.3 is 10.2 Å². The first kappa shape index (κ1) is 15.8. The first-order chi connectivity index (χ1) is 10.0. The van der Waals surface area contributed by atoms with Gasteiger partial charge in [0.05, 0.1) is 0 Å². The van der Waals surface area contributed by atoms with Crippen LogP contribution in [0, 0.1) is 11.3 Å². The minimum absolute atomic E-state index is 0.593. The summed E-state index contributed by atoms with van der Waals surface area (Å²) in [5.74, 6) is 0.996. The Bertz CT molecular complexity index is 328. The number of hydrogen-bond donors (Lipinski definition) is 1. The van der Waals surface area contributed by atoms with Crippen molar-refractivity contribution < 1.29 is 0 Å². The van der Waals surface area contributed by atoms with Gasteiger partial charge >= 0.3 is 0 Å². The van der Waals surface area contributed by atoms with Crippen molar-refractivity contribution in [3.63, 3.8) is 0 Å². The average Bonchev–Trinajstić information content (AvgIpc) is 2.47. The van der Waals surface area contributed by atoms with Crippen LogP contribution in [0.3, 0.4) is 0 Å². The summed E-state index contributed by atoms with van der Waals surface area (Å²) < 4.78 is 0. The maximum Gasteiger partial charge on any atom is 0.0197 e. The van der Waals surface area contributed by atoms with E-state index in [0.29, 0.717) is 5.41 Å². The summed E-state index contributed by atoms with van der Waals surface area (Å²) in [7, 11) is 2.37. The van der Waals surface area contributed by atoms with Crippen LogP contribution < -0.4 is 5.32 Å². The van der Waals surface area contributed by atoms with Crippen LogP contribution in [0.1, 0.15) is 78.1 Å². The number of nitrogens with zero attached hydrogens (tertiary/aromatic N) is 1. The van der Waals surface area contributed by atoms with Gasteiger partial charge in [-0.2, -0.15) is 0 Å². The van der Waals surface area contributed by atoms with E-state index in [-0.39, 0.29) is 0 Å². The second-order valence-electron chi connectivity index (χ2n) is 8.93. The summed E-state index contributed by atoms with van der Waals surface area (Å²) >= 11 is 0. The Hall–Kier alpha value is -0.0800. The van der Waals surface area contributed by atoms with Crippen LogP contribution >= 0.6 is 0 Å². The molecular weight excluding hydrogens is 256 g/mol. The molecule has 3 fully saturated rings. The molecule has 1 N–H and O–H groups in total. The summed E-state index contributed by atoms with van der Waals surface area (Å²) in [4.78, 5) is 2.68. The molecular formula is C19H36N2. The van der Waals surface area contributed by atoms with Gasteiger partial charge in [-0.05, 0) is 69.7 Å². The van der Waals surface area contributed by atoms with Gasteiger partial charge in [-0.15, -0.1) is 0 Å². The molecule has 2 nitrogen and oxygen atoms in total. The number of nitrogens with one attached hydrogen (secondary N) is 1. The smallest absolute Gasteiger partial charge is 0.0197 e. The molecule has 122 valence electrons. The third kappa shape index (κ3) is 4.01. The fourth-order valence-electron chi connectivity index (χ4n) is 5.04. The van der Waals surface area contributed by atoms with Gasteiger partial charge in [-0.3, -0.25) is 0 Å². The monoisotopic (exact) mass is 292 g/mol. The summed E-state index contributed by atoms with van der Waals surface area (Å²) in [5, 5.41) is 4.00. The van der Waals surface area contributed by atoms with E-state index in [2.05, 4.69) is 31.1 Å². The molecule has 0 aromatic carbocycles. The van der Waals surface area contributed by atoms with Crippen molar-refractivity contribution in [1.82, 2.24) is 10.2 Å². The molecule has 0 aromatic heterocycles. The second kappa shape index (κ2) is 6.58. The van der Waals surface area contributed by atoms with Crippen LogP contribution in [0.25, 0.3) is 0 Å². The predicted molar refractivity (Wildman–Crippen MR) is 90.6 cm³/mol. The van der Waals surface area contributed by atoms with E-state index < -0.39 is 0 Å². The van der Waals surface area contributed by atoms with Crippen molar-refractivity contribution >= 4 is 0 Å². The lowest BCUT2D eigenvalue weighted by atomic mass is 9.75. The molecule has 2 saturated carbocycles. The number of piperidine rings is 1. The van der Waals surface area contributed by atoms with Crippen molar-refractivity contribution in [2.24, 2.45) is 11.3 Å². The molecule has 2 heteroatoms. The molecule has 3 aliphatic rings. The van der Waals surface area contributed by atoms with E-state index >= 15 is 0 Å². The fourth-order valence-corrected chi connectivity index (χ4v) is 5.04. The van der Waals surface area contributed by atoms with Crippen molar-refractivity contribution in [2.75, 3.05) is 13.6 Å². The first-order valence-electron chi connectivity index (χ1n) is 9.50. The van der Waals surface area contributed by atoms with Crippen LogP contribution in [-0.4, -0.2) is 36.6 Å². The van der Waals surface area contributed by atoms with Crippen molar-refractivity contribution in [3.8, 4) is 0 Å². The second-order valence-corrected chi connectivity index (χ2v) is 8.93. The number of fused-ring (bicyclic) bond motifs is 1. The highest BCUT2D eigenvalue weighted by Gasteiger charge is 2.34. The molecule has 1 aliphatic heterocycles. The highest BCUT2D eigenvalue weighted by atomic mass is 15.2. The molecule has 0 spiro atoms. The standard InChI is InChI=1S/C19H36N2/c1-19(2)12-10-17(11-13-19)21(3)14-16-9-8-15-6-4-5-7-18(15)20-16/h15-18,20H,4-14H2,1-3H3. The van der Waals surface area contributed by atoms with Crippen LogP contribution in [-0.2, 0) is 0 Å². The van der Waals surface area contributed by atoms with E-state index in [1.165, 1.54) is 70.8 Å². The Labute approximate surface area is 132 Å². The van der Waals surface area contributed by atoms with Gasteiger partial charge in [0.1, 0.15) is 0 Å². The Morgan fingerprint density at radius 1 is 0.952 bits per heavy atom. The number of rotatable bonds is 3. The molecule has 1 saturated heterocycles. The van der Waals surface area contributed by atoms with Gasteiger partial charge in [0, 0.05) is 24.7 Å². The largest absolute Gasteiger partial charge is 0.310 e. The zero-order valence-electron chi connectivity index (χ0n) is 14.5. The topological polar surface area (TPSA) is 15.3 Å². The zero-order valence-corrected chi connectivity index (χ0v) is 14.5. The minimum atomic E-state index is 0.593. The average molecular weight is 293 g/mol. The Morgan fingerprint density at radius 2 is 1.67 bits per heavy atom. The summed E-state index contributed by atoms with van der Waals surface area (Å²) in [6.07, 6.45) is 14.4. The lowest BCUT2D eigenvalue weighted by molar-refractivity contribution is 0.0984. The molecule has 0 bridgehead atoms. The number of hydrogen-bond acceptors (Lipinski definition) is 2. The van der Waals surface area contributed by atoms with Crippen molar-refractivity contribution in [3.05, 3.63) is 0 Å². The highest BCUT2D eigenvalue weighted by molar-refractivity contribution is 4.91. The van der Waals surface area contributed by atoms with Gasteiger partial charge in [0.15, 0.2) is 0 Å². The van der Waals surface area contributed by atoms with Crippen molar-refractivity contribution in [2.45, 2.75) is 96.2 Å². The van der Waals surface area contributed by atoms with Gasteiger partial charge in [0.2, 0.25) is 0 Å². The molecule has 3 atom stereocenters. The maximum absolute atomic E-state index is 4.00. The molecule has 3 rings (SSSR count). The van der Waals surface area contributed by atoms with Gasteiger partial charge in [-0.1, -0.05) is 26.7 Å². The highest BCUT2D eigenvalue weighted by Crippen LogP contribution is 2.37. The lowest BCUT2D eigenvalue weighted by Gasteiger charge is -2.44. The van der Waals surface area contributed by atoms with E-state index in [0.717, 1.165) is 24.0 Å². The molecule has 21 heavy (non-hydrogen) atoms. The Balaban J connectivity index is 1.46. The summed E-state index contributed by atoms with van der Waals surface area (Å²) in [5.41, 5.74) is 0.593. The molecule has 3 unspecified atom stereocenters. The molecule has 0 aromatic rings. The summed E-state index contributed by atoms with van der Waals surface area (Å²) in [6.45, 7) is 6.15. The number of likely N-dealkylation sites (N-methyl/N-ethyl adjacent to an activating group) is 1. The van der Waals surface area contributed by atoms with E-state index in [4.69, 9.17) is 0 Å². The van der Waals surface area contributed by atoms with Crippen molar-refractivity contribution in [1.29, 1.82) is 0 Å². The molecule has 0 amide bonds. The maximum atomic E-state index is 4.00. The third-order valence-corrected chi connectivity index (χ3v) is 6.69. The Morgan fingerprint density at radius 3 is 2.43 bits per heavy atom. The Kier molecular flexibility index (Phi) is 4.95. The van der Waals surface area contributed by atoms with Crippen LogP contribution in [0.15, 0.2) is 0 Å². The molecule has 2 aliphatic carbocycles. The summed E-state index contributed by atoms with van der Waals surface area (Å²) in [6, 6.07) is 2.43. The fraction of sp³-hybridized carbons (Fsp3) is 1.00. The zero-order chi connectivity index (χ0) is 14.9. The van der Waals surface area contributed by atoms with Crippen LogP contribution in [0.2, 0.25) is 0 Å². The normalized spacial score (nSPS) is 37.4. The SMILES string of the molecule is CN(CC1CCC2CCCCC2N1)C1CCC(C)(C)CC1. The van der Waals surface area contributed by atoms with Crippen LogP contribution in [0.5, 0.6) is 0 Å². The molecule has 1 heterocycles. The quantitative estimate of drug-likeness (QED) is 0.839.